The summed E-state index contributed by atoms with van der Waals surface area (Å²) in [6.45, 7) is 0. The zero-order chi connectivity index (χ0) is 7.14. The van der Waals surface area contributed by atoms with Crippen LogP contribution >= 0.6 is 11.6 Å². The third-order valence-corrected chi connectivity index (χ3v) is 1.40. The Morgan fingerprint density at radius 3 is 2.60 bits per heavy atom. The van der Waals surface area contributed by atoms with Crippen LogP contribution in [-0.2, 0) is 0 Å². The van der Waals surface area contributed by atoms with Crippen molar-refractivity contribution in [3.05, 3.63) is 11.3 Å². The van der Waals surface area contributed by atoms with E-state index in [4.69, 9.17) is 16.7 Å². The Hall–Kier alpha value is -1.16. The van der Waals surface area contributed by atoms with Crippen molar-refractivity contribution in [2.24, 2.45) is 0 Å². The average molecular weight is 160 g/mol. The summed E-state index contributed by atoms with van der Waals surface area (Å²) in [6, 6.07) is 0. The zero-order valence-electron chi connectivity index (χ0n) is 4.67. The molecule has 2 aromatic heterocycles. The van der Waals surface area contributed by atoms with Gasteiger partial charge in [-0.2, -0.15) is 0 Å². The van der Waals surface area contributed by atoms with E-state index < -0.39 is 0 Å². The molecule has 0 bridgehead atoms. The molecular formula is C5H2ClNO3. The highest BCUT2D eigenvalue weighted by Crippen LogP contribution is 2.31. The van der Waals surface area contributed by atoms with Crippen molar-refractivity contribution >= 4 is 22.8 Å². The maximum atomic E-state index is 8.95. The number of halogens is 1. The maximum absolute atomic E-state index is 8.95. The molecule has 0 spiro atoms. The predicted octanol–water partition coefficient (Wildman–Crippen LogP) is 1.78. The fourth-order valence-electron chi connectivity index (χ4n) is 0.647. The van der Waals surface area contributed by atoms with Crippen LogP contribution in [0.2, 0.25) is 5.15 Å². The molecule has 4 nitrogen and oxygen atoms in total. The van der Waals surface area contributed by atoms with Gasteiger partial charge in [-0.3, -0.25) is 9.15 Å². The van der Waals surface area contributed by atoms with Gasteiger partial charge in [-0.05, 0) is 0 Å². The van der Waals surface area contributed by atoms with Crippen molar-refractivity contribution < 1.29 is 14.3 Å². The minimum absolute atomic E-state index is 0.0642. The van der Waals surface area contributed by atoms with E-state index in [1.165, 1.54) is 6.20 Å². The van der Waals surface area contributed by atoms with Crippen molar-refractivity contribution in [3.8, 4) is 5.75 Å². The average Bonchev–Trinajstić information content (AvgIpc) is 1.78. The molecule has 0 atom stereocenters. The summed E-state index contributed by atoms with van der Waals surface area (Å²) in [5.41, 5.74) is 0.543. The molecule has 0 radical (unpaired) electrons. The summed E-state index contributed by atoms with van der Waals surface area (Å²) < 4.78 is 8.85. The summed E-state index contributed by atoms with van der Waals surface area (Å²) >= 11 is 5.51. The minimum Gasteiger partial charge on any atom is -0.503 e. The number of hydrogen-bond acceptors (Lipinski definition) is 4. The highest BCUT2D eigenvalue weighted by Gasteiger charge is 2.14. The van der Waals surface area contributed by atoms with Crippen molar-refractivity contribution in [1.29, 1.82) is 0 Å². The molecule has 1 N–H and O–H groups in total. The number of hydrogen-bond donors (Lipinski definition) is 1. The molecule has 0 fully saturated rings. The van der Waals surface area contributed by atoms with Gasteiger partial charge < -0.3 is 5.11 Å². The van der Waals surface area contributed by atoms with Crippen LogP contribution in [0.3, 0.4) is 0 Å². The fraction of sp³-hybridized carbons (Fsp3) is 0. The van der Waals surface area contributed by atoms with Crippen LogP contribution in [0, 0.1) is 0 Å². The Morgan fingerprint density at radius 1 is 1.40 bits per heavy atom. The van der Waals surface area contributed by atoms with Gasteiger partial charge in [0.1, 0.15) is 0 Å². The molecule has 0 unspecified atom stereocenters. The van der Waals surface area contributed by atoms with Crippen molar-refractivity contribution in [2.75, 3.05) is 0 Å². The van der Waals surface area contributed by atoms with Crippen molar-refractivity contribution in [1.82, 2.24) is 4.98 Å². The molecule has 0 aliphatic heterocycles. The van der Waals surface area contributed by atoms with E-state index in [1.54, 1.807) is 0 Å². The molecule has 2 heterocycles. The van der Waals surface area contributed by atoms with Crippen LogP contribution in [0.5, 0.6) is 5.75 Å². The third kappa shape index (κ3) is 0.537. The van der Waals surface area contributed by atoms with Crippen LogP contribution in [0.4, 0.5) is 0 Å². The van der Waals surface area contributed by atoms with Crippen LogP contribution in [0.1, 0.15) is 0 Å². The molecule has 0 amide bonds. The van der Waals surface area contributed by atoms with Crippen molar-refractivity contribution in [3.63, 3.8) is 0 Å². The molecule has 0 aliphatic carbocycles. The van der Waals surface area contributed by atoms with E-state index in [2.05, 4.69) is 14.1 Å². The number of nitrogens with zero attached hydrogens (tertiary/aromatic N) is 1. The topological polar surface area (TPSA) is 59.4 Å². The lowest BCUT2D eigenvalue weighted by Crippen LogP contribution is -1.81. The van der Waals surface area contributed by atoms with Gasteiger partial charge in [0, 0.05) is 0 Å². The number of fused-ring (bicyclic) bond motifs is 1. The molecule has 0 saturated heterocycles. The second kappa shape index (κ2) is 1.67. The van der Waals surface area contributed by atoms with Crippen molar-refractivity contribution in [2.45, 2.75) is 0 Å². The molecular weight excluding hydrogens is 158 g/mol. The third-order valence-electron chi connectivity index (χ3n) is 1.13. The summed E-state index contributed by atoms with van der Waals surface area (Å²) in [5.74, 6) is -0.0642. The maximum Gasteiger partial charge on any atom is 0.271 e. The summed E-state index contributed by atoms with van der Waals surface area (Å²) in [7, 11) is 0. The van der Waals surface area contributed by atoms with E-state index in [-0.39, 0.29) is 16.5 Å². The lowest BCUT2D eigenvalue weighted by Gasteiger charge is -1.99. The normalized spacial score (nSPS) is 10.9. The molecule has 5 heteroatoms. The minimum atomic E-state index is -0.0642. The van der Waals surface area contributed by atoms with Crippen LogP contribution in [-0.4, -0.2) is 10.1 Å². The van der Waals surface area contributed by atoms with Crippen LogP contribution < -0.4 is 0 Å². The van der Waals surface area contributed by atoms with E-state index in [9.17, 15) is 0 Å². The highest BCUT2D eigenvalue weighted by atomic mass is 35.5. The summed E-state index contributed by atoms with van der Waals surface area (Å²) in [5, 5.41) is 9.14. The van der Waals surface area contributed by atoms with Gasteiger partial charge in [-0.1, -0.05) is 11.6 Å². The second-order valence-electron chi connectivity index (χ2n) is 1.76. The first-order valence-electron chi connectivity index (χ1n) is 2.51. The van der Waals surface area contributed by atoms with Gasteiger partial charge in [0.15, 0.2) is 10.9 Å². The van der Waals surface area contributed by atoms with Gasteiger partial charge in [0.05, 0.1) is 6.20 Å². The lowest BCUT2D eigenvalue weighted by molar-refractivity contribution is 0.0561. The largest absolute Gasteiger partial charge is 0.503 e. The van der Waals surface area contributed by atoms with E-state index >= 15 is 0 Å². The summed E-state index contributed by atoms with van der Waals surface area (Å²) in [4.78, 5) is 3.60. The van der Waals surface area contributed by atoms with Gasteiger partial charge in [-0.15, -0.1) is 0 Å². The van der Waals surface area contributed by atoms with Gasteiger partial charge >= 0.3 is 0 Å². The van der Waals surface area contributed by atoms with Gasteiger partial charge in [-0.25, -0.2) is 4.98 Å². The smallest absolute Gasteiger partial charge is 0.271 e. The Labute approximate surface area is 59.9 Å². The quantitative estimate of drug-likeness (QED) is 0.470. The number of rotatable bonds is 0. The monoisotopic (exact) mass is 159 g/mol. The fourth-order valence-corrected chi connectivity index (χ4v) is 0.813. The Bertz CT molecular complexity index is 328. The predicted molar refractivity (Wildman–Crippen MR) is 32.9 cm³/mol. The SMILES string of the molecule is Oc1cnc(Cl)c2ooc12. The first-order valence-corrected chi connectivity index (χ1v) is 2.89. The van der Waals surface area contributed by atoms with Crippen LogP contribution in [0.25, 0.3) is 11.2 Å². The standard InChI is InChI=1S/C5H2ClNO3/c6-5-4-3(9-10-4)2(8)1-7-5/h1,8H. The van der Waals surface area contributed by atoms with E-state index in [1.807, 2.05) is 0 Å². The van der Waals surface area contributed by atoms with Gasteiger partial charge in [0.2, 0.25) is 0 Å². The summed E-state index contributed by atoms with van der Waals surface area (Å²) in [6.07, 6.45) is 1.20. The van der Waals surface area contributed by atoms with E-state index in [0.29, 0.717) is 5.58 Å². The Balaban J connectivity index is 2.85. The highest BCUT2D eigenvalue weighted by molar-refractivity contribution is 6.33. The van der Waals surface area contributed by atoms with Crippen LogP contribution in [0.15, 0.2) is 15.3 Å². The first-order chi connectivity index (χ1) is 4.79. The molecule has 0 aliphatic rings. The zero-order valence-corrected chi connectivity index (χ0v) is 5.42. The molecule has 2 rings (SSSR count). The second-order valence-corrected chi connectivity index (χ2v) is 2.12. The molecule has 2 aromatic rings. The molecule has 52 valence electrons. The molecule has 0 aromatic carbocycles. The Morgan fingerprint density at radius 2 is 2.10 bits per heavy atom. The first kappa shape index (κ1) is 5.61. The Kier molecular flexibility index (Phi) is 0.935. The molecule has 0 saturated carbocycles. The molecule has 10 heavy (non-hydrogen) atoms. The van der Waals surface area contributed by atoms with Gasteiger partial charge in [0.25, 0.3) is 11.2 Å². The number of aromatic hydroxyl groups is 1. The lowest BCUT2D eigenvalue weighted by atomic mass is 10.4. The number of aromatic nitrogens is 1. The number of pyridine rings is 1. The van der Waals surface area contributed by atoms with E-state index in [0.717, 1.165) is 0 Å².